The number of morpholine rings is 1. The van der Waals surface area contributed by atoms with E-state index < -0.39 is 10.1 Å². The molecule has 0 bridgehead atoms. The Bertz CT molecular complexity index is 230. The third-order valence-electron chi connectivity index (χ3n) is 1.54. The van der Waals surface area contributed by atoms with Gasteiger partial charge in [-0.3, -0.25) is 0 Å². The monoisotopic (exact) mass is 219 g/mol. The summed E-state index contributed by atoms with van der Waals surface area (Å²) in [4.78, 5) is 0. The van der Waals surface area contributed by atoms with Crippen LogP contribution in [0.25, 0.3) is 0 Å². The molecule has 1 fully saturated rings. The van der Waals surface area contributed by atoms with Crippen molar-refractivity contribution in [2.24, 2.45) is 0 Å². The molecule has 1 rings (SSSR count). The molecular formula is C6H14NNaO4S. The number of nitrogens with zero attached hydrogens (tertiary/aromatic N) is 1. The van der Waals surface area contributed by atoms with Crippen molar-refractivity contribution in [2.45, 2.75) is 6.92 Å². The smallest absolute Gasteiger partial charge is 1.00 e. The molecule has 1 aliphatic rings. The number of hydroxylamine groups is 2. The van der Waals surface area contributed by atoms with Gasteiger partial charge in [-0.1, -0.05) is 0 Å². The average molecular weight is 219 g/mol. The molecule has 0 aliphatic carbocycles. The van der Waals surface area contributed by atoms with Gasteiger partial charge >= 0.3 is 29.6 Å². The second-order valence-electron chi connectivity index (χ2n) is 2.46. The first-order valence-corrected chi connectivity index (χ1v) is 5.47. The third-order valence-corrected chi connectivity index (χ3v) is 2.69. The van der Waals surface area contributed by atoms with E-state index in [1.807, 2.05) is 0 Å². The van der Waals surface area contributed by atoms with Crippen LogP contribution in [0.3, 0.4) is 0 Å². The summed E-state index contributed by atoms with van der Waals surface area (Å²) in [6.45, 7) is 3.63. The van der Waals surface area contributed by atoms with E-state index in [0.29, 0.717) is 26.3 Å². The SMILES string of the molecule is CCS(=O)(=O)ON1CCOCC1.[H-].[Na+]. The van der Waals surface area contributed by atoms with Gasteiger partial charge in [-0.25, -0.2) is 0 Å². The molecule has 5 nitrogen and oxygen atoms in total. The van der Waals surface area contributed by atoms with Crippen molar-refractivity contribution in [3.8, 4) is 0 Å². The van der Waals surface area contributed by atoms with Crippen molar-refractivity contribution in [3.63, 3.8) is 0 Å². The van der Waals surface area contributed by atoms with Crippen molar-refractivity contribution in [3.05, 3.63) is 0 Å². The summed E-state index contributed by atoms with van der Waals surface area (Å²) < 4.78 is 31.7. The van der Waals surface area contributed by atoms with Crippen molar-refractivity contribution < 1.29 is 48.4 Å². The zero-order chi connectivity index (χ0) is 9.03. The molecule has 1 saturated heterocycles. The molecule has 0 spiro atoms. The van der Waals surface area contributed by atoms with Gasteiger partial charge in [0.1, 0.15) is 0 Å². The van der Waals surface area contributed by atoms with E-state index in [-0.39, 0.29) is 36.7 Å². The number of hydrogen-bond donors (Lipinski definition) is 0. The molecule has 7 heteroatoms. The molecule has 0 atom stereocenters. The van der Waals surface area contributed by atoms with Gasteiger partial charge in [0.25, 0.3) is 10.1 Å². The Balaban J connectivity index is 0. The maximum Gasteiger partial charge on any atom is 1.00 e. The molecule has 13 heavy (non-hydrogen) atoms. The van der Waals surface area contributed by atoms with E-state index in [4.69, 9.17) is 9.02 Å². The van der Waals surface area contributed by atoms with Crippen LogP contribution in [0.2, 0.25) is 0 Å². The molecule has 0 amide bonds. The quantitative estimate of drug-likeness (QED) is 0.466. The molecule has 0 aromatic carbocycles. The second kappa shape index (κ2) is 6.34. The van der Waals surface area contributed by atoms with Gasteiger partial charge < -0.3 is 6.16 Å². The van der Waals surface area contributed by atoms with Gasteiger partial charge in [-0.2, -0.15) is 17.8 Å². The van der Waals surface area contributed by atoms with Crippen molar-refractivity contribution in [1.29, 1.82) is 0 Å². The van der Waals surface area contributed by atoms with Gasteiger partial charge in [0.05, 0.1) is 19.0 Å². The minimum Gasteiger partial charge on any atom is -1.00 e. The summed E-state index contributed by atoms with van der Waals surface area (Å²) >= 11 is 0. The van der Waals surface area contributed by atoms with E-state index in [1.54, 1.807) is 6.92 Å². The molecule has 74 valence electrons. The van der Waals surface area contributed by atoms with Crippen LogP contribution < -0.4 is 29.6 Å². The Kier molecular flexibility index (Phi) is 6.74. The fourth-order valence-electron chi connectivity index (χ4n) is 0.834. The minimum atomic E-state index is -3.35. The summed E-state index contributed by atoms with van der Waals surface area (Å²) in [5.74, 6) is 0.00432. The van der Waals surface area contributed by atoms with E-state index in [9.17, 15) is 8.42 Å². The Morgan fingerprint density at radius 1 is 1.46 bits per heavy atom. The summed E-state index contributed by atoms with van der Waals surface area (Å²) in [6.07, 6.45) is 0. The van der Waals surface area contributed by atoms with Crippen LogP contribution in [0.1, 0.15) is 8.35 Å². The van der Waals surface area contributed by atoms with Crippen LogP contribution in [0.4, 0.5) is 0 Å². The van der Waals surface area contributed by atoms with Gasteiger partial charge in [0.2, 0.25) is 0 Å². The van der Waals surface area contributed by atoms with Crippen LogP contribution in [-0.4, -0.2) is 45.5 Å². The van der Waals surface area contributed by atoms with Crippen LogP contribution in [0.15, 0.2) is 0 Å². The Morgan fingerprint density at radius 3 is 2.46 bits per heavy atom. The topological polar surface area (TPSA) is 55.8 Å². The van der Waals surface area contributed by atoms with Crippen molar-refractivity contribution in [1.82, 2.24) is 5.06 Å². The molecular weight excluding hydrogens is 205 g/mol. The number of ether oxygens (including phenoxy) is 1. The summed E-state index contributed by atoms with van der Waals surface area (Å²) in [6, 6.07) is 0. The maximum absolute atomic E-state index is 11.0. The average Bonchev–Trinajstić information content (AvgIpc) is 2.06. The fraction of sp³-hybridized carbons (Fsp3) is 1.00. The molecule has 0 aromatic heterocycles. The third kappa shape index (κ3) is 5.31. The molecule has 0 aromatic rings. The van der Waals surface area contributed by atoms with E-state index in [0.717, 1.165) is 0 Å². The zero-order valence-electron chi connectivity index (χ0n) is 9.02. The molecule has 0 radical (unpaired) electrons. The van der Waals surface area contributed by atoms with Gasteiger partial charge in [0, 0.05) is 13.1 Å². The second-order valence-corrected chi connectivity index (χ2v) is 4.30. The van der Waals surface area contributed by atoms with E-state index in [2.05, 4.69) is 0 Å². The molecule has 0 saturated carbocycles. The van der Waals surface area contributed by atoms with Gasteiger partial charge in [-0.05, 0) is 6.92 Å². The van der Waals surface area contributed by atoms with E-state index >= 15 is 0 Å². The number of rotatable bonds is 3. The largest absolute Gasteiger partial charge is 1.00 e. The van der Waals surface area contributed by atoms with Gasteiger partial charge in [-0.15, -0.1) is 0 Å². The first-order valence-electron chi connectivity index (χ1n) is 3.89. The summed E-state index contributed by atoms with van der Waals surface area (Å²) in [7, 11) is -3.35. The Hall–Kier alpha value is 0.830. The van der Waals surface area contributed by atoms with Crippen LogP contribution in [0.5, 0.6) is 0 Å². The summed E-state index contributed by atoms with van der Waals surface area (Å²) in [5.41, 5.74) is 0. The molecule has 0 N–H and O–H groups in total. The van der Waals surface area contributed by atoms with Gasteiger partial charge in [0.15, 0.2) is 0 Å². The minimum absolute atomic E-state index is 0. The predicted molar refractivity (Wildman–Crippen MR) is 44.0 cm³/mol. The molecule has 0 unspecified atom stereocenters. The predicted octanol–water partition coefficient (Wildman–Crippen LogP) is -3.28. The number of hydrogen-bond acceptors (Lipinski definition) is 5. The zero-order valence-corrected chi connectivity index (χ0v) is 10.8. The first kappa shape index (κ1) is 13.8. The fourth-order valence-corrected chi connectivity index (χ4v) is 1.41. The maximum atomic E-state index is 11.0. The molecule has 1 heterocycles. The Morgan fingerprint density at radius 2 is 2.00 bits per heavy atom. The van der Waals surface area contributed by atoms with Crippen molar-refractivity contribution in [2.75, 3.05) is 32.1 Å². The standard InChI is InChI=1S/C6H13NO4S.Na.H/c1-2-12(8,9)11-7-3-5-10-6-4-7;;/h2-6H2,1H3;;/q;+1;-1. The van der Waals surface area contributed by atoms with Crippen LogP contribution in [0, 0.1) is 0 Å². The molecule has 1 aliphatic heterocycles. The normalized spacial score (nSPS) is 19.5. The van der Waals surface area contributed by atoms with Crippen molar-refractivity contribution >= 4 is 10.1 Å². The first-order chi connectivity index (χ1) is 5.64. The van der Waals surface area contributed by atoms with Crippen LogP contribution >= 0.6 is 0 Å². The van der Waals surface area contributed by atoms with Crippen LogP contribution in [-0.2, 0) is 19.1 Å². The summed E-state index contributed by atoms with van der Waals surface area (Å²) in [5, 5.41) is 1.42. The Labute approximate surface area is 102 Å². The van der Waals surface area contributed by atoms with E-state index in [1.165, 1.54) is 5.06 Å².